The number of amidine groups is 1. The zero-order valence-corrected chi connectivity index (χ0v) is 10.8. The highest BCUT2D eigenvalue weighted by Gasteiger charge is 2.08. The molecule has 1 aromatic carbocycles. The zero-order chi connectivity index (χ0) is 13.7. The summed E-state index contributed by atoms with van der Waals surface area (Å²) in [4.78, 5) is 5.08. The Bertz CT molecular complexity index is 571. The van der Waals surface area contributed by atoms with Crippen LogP contribution in [0.25, 0.3) is 0 Å². The Labute approximate surface area is 113 Å². The van der Waals surface area contributed by atoms with E-state index in [1.54, 1.807) is 29.1 Å². The van der Waals surface area contributed by atoms with Crippen LogP contribution >= 0.6 is 11.3 Å². The second kappa shape index (κ2) is 6.26. The molecule has 4 N–H and O–H groups in total. The molecule has 2 aromatic rings. The predicted molar refractivity (Wildman–Crippen MR) is 71.6 cm³/mol. The van der Waals surface area contributed by atoms with Gasteiger partial charge < -0.3 is 16.3 Å². The van der Waals surface area contributed by atoms with Crippen molar-refractivity contribution in [1.29, 1.82) is 0 Å². The molecule has 2 rings (SSSR count). The highest BCUT2D eigenvalue weighted by Crippen LogP contribution is 2.12. The van der Waals surface area contributed by atoms with Crippen molar-refractivity contribution in [2.75, 3.05) is 0 Å². The van der Waals surface area contributed by atoms with Crippen LogP contribution in [0.4, 0.5) is 4.39 Å². The van der Waals surface area contributed by atoms with Crippen molar-refractivity contribution < 1.29 is 9.60 Å². The summed E-state index contributed by atoms with van der Waals surface area (Å²) in [5.41, 5.74) is 8.44. The molecule has 0 aliphatic carbocycles. The molecule has 0 atom stereocenters. The Hall–Kier alpha value is -1.99. The normalized spacial score (nSPS) is 11.7. The van der Waals surface area contributed by atoms with Gasteiger partial charge >= 0.3 is 0 Å². The highest BCUT2D eigenvalue weighted by molar-refractivity contribution is 7.09. The van der Waals surface area contributed by atoms with Gasteiger partial charge in [-0.2, -0.15) is 0 Å². The molecule has 7 heteroatoms. The summed E-state index contributed by atoms with van der Waals surface area (Å²) in [5, 5.41) is 14.8. The van der Waals surface area contributed by atoms with Crippen LogP contribution in [-0.2, 0) is 13.1 Å². The molecule has 1 heterocycles. The second-order valence-electron chi connectivity index (χ2n) is 3.86. The Balaban J connectivity index is 2.07. The van der Waals surface area contributed by atoms with E-state index in [4.69, 9.17) is 10.9 Å². The summed E-state index contributed by atoms with van der Waals surface area (Å²) in [6, 6.07) is 4.21. The van der Waals surface area contributed by atoms with E-state index in [0.717, 1.165) is 10.4 Å². The standard InChI is InChI=1S/C12H13FN4OS/c13-9-2-1-8(11(3-9)12(14)17-18)4-15-5-10-6-16-7-19-10/h1-3,6-7,15,18H,4-5H2,(H2,14,17). The van der Waals surface area contributed by atoms with Gasteiger partial charge in [0.2, 0.25) is 0 Å². The fourth-order valence-corrected chi connectivity index (χ4v) is 2.21. The molecule has 0 amide bonds. The lowest BCUT2D eigenvalue weighted by molar-refractivity contribution is 0.318. The van der Waals surface area contributed by atoms with Gasteiger partial charge in [0.15, 0.2) is 5.84 Å². The van der Waals surface area contributed by atoms with Crippen LogP contribution in [0.5, 0.6) is 0 Å². The molecule has 0 fully saturated rings. The summed E-state index contributed by atoms with van der Waals surface area (Å²) in [6.45, 7) is 1.15. The van der Waals surface area contributed by atoms with Crippen molar-refractivity contribution in [3.05, 3.63) is 51.7 Å². The molecular weight excluding hydrogens is 267 g/mol. The van der Waals surface area contributed by atoms with Gasteiger partial charge in [-0.1, -0.05) is 11.2 Å². The van der Waals surface area contributed by atoms with Crippen LogP contribution < -0.4 is 11.1 Å². The summed E-state index contributed by atoms with van der Waals surface area (Å²) in [5.74, 6) is -0.526. The van der Waals surface area contributed by atoms with E-state index < -0.39 is 5.82 Å². The SMILES string of the molecule is N/C(=N/O)c1cc(F)ccc1CNCc1cncs1. The summed E-state index contributed by atoms with van der Waals surface area (Å²) >= 11 is 1.55. The van der Waals surface area contributed by atoms with Crippen molar-refractivity contribution in [3.63, 3.8) is 0 Å². The third-order valence-corrected chi connectivity index (χ3v) is 3.33. The average molecular weight is 280 g/mol. The van der Waals surface area contributed by atoms with Crippen molar-refractivity contribution in [2.45, 2.75) is 13.1 Å². The molecule has 0 aliphatic rings. The van der Waals surface area contributed by atoms with Gasteiger partial charge in [0, 0.05) is 29.7 Å². The summed E-state index contributed by atoms with van der Waals surface area (Å²) in [6.07, 6.45) is 1.78. The topological polar surface area (TPSA) is 83.5 Å². The van der Waals surface area contributed by atoms with E-state index in [1.807, 2.05) is 0 Å². The van der Waals surface area contributed by atoms with E-state index in [-0.39, 0.29) is 5.84 Å². The largest absolute Gasteiger partial charge is 0.409 e. The zero-order valence-electron chi connectivity index (χ0n) is 10.0. The molecule has 0 unspecified atom stereocenters. The molecule has 0 radical (unpaired) electrons. The van der Waals surface area contributed by atoms with Crippen molar-refractivity contribution in [2.24, 2.45) is 10.9 Å². The first-order chi connectivity index (χ1) is 9.20. The van der Waals surface area contributed by atoms with Crippen LogP contribution in [-0.4, -0.2) is 16.0 Å². The minimum atomic E-state index is -0.423. The number of oxime groups is 1. The lowest BCUT2D eigenvalue weighted by atomic mass is 10.1. The van der Waals surface area contributed by atoms with Crippen LogP contribution in [0.15, 0.2) is 35.1 Å². The maximum atomic E-state index is 13.2. The molecular formula is C12H13FN4OS. The fourth-order valence-electron chi connectivity index (χ4n) is 1.64. The van der Waals surface area contributed by atoms with Crippen molar-refractivity contribution >= 4 is 17.2 Å². The van der Waals surface area contributed by atoms with E-state index in [0.29, 0.717) is 18.7 Å². The number of benzene rings is 1. The lowest BCUT2D eigenvalue weighted by Gasteiger charge is -2.09. The predicted octanol–water partition coefficient (Wildman–Crippen LogP) is 1.67. The fraction of sp³-hybridized carbons (Fsp3) is 0.167. The second-order valence-corrected chi connectivity index (χ2v) is 4.83. The Kier molecular flexibility index (Phi) is 4.43. The first-order valence-corrected chi connectivity index (χ1v) is 6.43. The number of aromatic nitrogens is 1. The summed E-state index contributed by atoms with van der Waals surface area (Å²) < 4.78 is 13.2. The molecule has 100 valence electrons. The van der Waals surface area contributed by atoms with Gasteiger partial charge in [0.1, 0.15) is 5.82 Å². The van der Waals surface area contributed by atoms with Crippen LogP contribution in [0.1, 0.15) is 16.0 Å². The summed E-state index contributed by atoms with van der Waals surface area (Å²) in [7, 11) is 0. The monoisotopic (exact) mass is 280 g/mol. The minimum Gasteiger partial charge on any atom is -0.409 e. The van der Waals surface area contributed by atoms with Crippen molar-refractivity contribution in [3.8, 4) is 0 Å². The van der Waals surface area contributed by atoms with E-state index >= 15 is 0 Å². The van der Waals surface area contributed by atoms with E-state index in [2.05, 4.69) is 15.5 Å². The van der Waals surface area contributed by atoms with E-state index in [1.165, 1.54) is 12.1 Å². The van der Waals surface area contributed by atoms with Gasteiger partial charge in [-0.15, -0.1) is 11.3 Å². The molecule has 1 aromatic heterocycles. The third-order valence-electron chi connectivity index (χ3n) is 2.55. The molecule has 0 saturated carbocycles. The number of thiazole rings is 1. The quantitative estimate of drug-likeness (QED) is 0.337. The molecule has 0 aliphatic heterocycles. The molecule has 0 bridgehead atoms. The number of nitrogens with one attached hydrogen (secondary N) is 1. The molecule has 5 nitrogen and oxygen atoms in total. The third kappa shape index (κ3) is 3.49. The average Bonchev–Trinajstić information content (AvgIpc) is 2.92. The highest BCUT2D eigenvalue weighted by atomic mass is 32.1. The number of nitrogens with zero attached hydrogens (tertiary/aromatic N) is 2. The smallest absolute Gasteiger partial charge is 0.170 e. The van der Waals surface area contributed by atoms with Gasteiger partial charge in [-0.3, -0.25) is 4.98 Å². The Morgan fingerprint density at radius 2 is 2.32 bits per heavy atom. The van der Waals surface area contributed by atoms with Crippen LogP contribution in [0, 0.1) is 5.82 Å². The van der Waals surface area contributed by atoms with Gasteiger partial charge in [0.25, 0.3) is 0 Å². The van der Waals surface area contributed by atoms with Crippen LogP contribution in [0.2, 0.25) is 0 Å². The number of nitrogens with two attached hydrogens (primary N) is 1. The maximum Gasteiger partial charge on any atom is 0.170 e. The lowest BCUT2D eigenvalue weighted by Crippen LogP contribution is -2.20. The van der Waals surface area contributed by atoms with Gasteiger partial charge in [-0.05, 0) is 17.7 Å². The van der Waals surface area contributed by atoms with Crippen molar-refractivity contribution in [1.82, 2.24) is 10.3 Å². The number of rotatable bonds is 5. The first-order valence-electron chi connectivity index (χ1n) is 5.55. The molecule has 0 spiro atoms. The van der Waals surface area contributed by atoms with Gasteiger partial charge in [0.05, 0.1) is 5.51 Å². The number of hydrogen-bond donors (Lipinski definition) is 3. The van der Waals surface area contributed by atoms with E-state index in [9.17, 15) is 4.39 Å². The molecule has 19 heavy (non-hydrogen) atoms. The Morgan fingerprint density at radius 1 is 1.47 bits per heavy atom. The minimum absolute atomic E-state index is 0.103. The van der Waals surface area contributed by atoms with Gasteiger partial charge in [-0.25, -0.2) is 4.39 Å². The number of halogens is 1. The van der Waals surface area contributed by atoms with Crippen LogP contribution in [0.3, 0.4) is 0 Å². The number of hydrogen-bond acceptors (Lipinski definition) is 5. The Morgan fingerprint density at radius 3 is 3.00 bits per heavy atom. The maximum absolute atomic E-state index is 13.2. The first kappa shape index (κ1) is 13.4. The molecule has 0 saturated heterocycles.